The molecule has 0 aliphatic carbocycles. The second kappa shape index (κ2) is 5.85. The smallest absolute Gasteiger partial charge is 0.212 e. The van der Waals surface area contributed by atoms with Crippen LogP contribution < -0.4 is 0 Å². The molecular weight excluding hydrogens is 246 g/mol. The van der Waals surface area contributed by atoms with Crippen molar-refractivity contribution >= 4 is 10.0 Å². The van der Waals surface area contributed by atoms with Crippen molar-refractivity contribution in [3.8, 4) is 0 Å². The number of rotatable bonds is 4. The minimum absolute atomic E-state index is 0.228. The Kier molecular flexibility index (Phi) is 4.40. The molecule has 4 heteroatoms. The maximum Gasteiger partial charge on any atom is 0.214 e. The van der Waals surface area contributed by atoms with E-state index < -0.39 is 10.0 Å². The number of aryl methyl sites for hydroxylation is 1. The van der Waals surface area contributed by atoms with E-state index in [0.29, 0.717) is 25.4 Å². The average Bonchev–Trinajstić information content (AvgIpc) is 2.38. The standard InChI is InChI=1S/C14H21NO2S/c1-13-7-10-15(11-8-13)18(16,17)12-9-14-5-3-2-4-6-14/h2-6,13H,7-12H2,1H3. The van der Waals surface area contributed by atoms with Gasteiger partial charge < -0.3 is 0 Å². The highest BCUT2D eigenvalue weighted by Crippen LogP contribution is 2.19. The van der Waals surface area contributed by atoms with Gasteiger partial charge in [0.1, 0.15) is 0 Å². The van der Waals surface area contributed by atoms with Crippen LogP contribution in [0.4, 0.5) is 0 Å². The summed E-state index contributed by atoms with van der Waals surface area (Å²) < 4.78 is 26.0. The van der Waals surface area contributed by atoms with Gasteiger partial charge in [-0.2, -0.15) is 0 Å². The molecule has 1 saturated heterocycles. The van der Waals surface area contributed by atoms with Crippen LogP contribution in [-0.4, -0.2) is 31.6 Å². The zero-order valence-electron chi connectivity index (χ0n) is 10.9. The van der Waals surface area contributed by atoms with E-state index in [1.807, 2.05) is 30.3 Å². The molecule has 0 spiro atoms. The van der Waals surface area contributed by atoms with Crippen LogP contribution in [0.1, 0.15) is 25.3 Å². The van der Waals surface area contributed by atoms with E-state index in [2.05, 4.69) is 6.92 Å². The Morgan fingerprint density at radius 3 is 2.39 bits per heavy atom. The fourth-order valence-electron chi connectivity index (χ4n) is 2.28. The van der Waals surface area contributed by atoms with E-state index in [4.69, 9.17) is 0 Å². The van der Waals surface area contributed by atoms with Gasteiger partial charge in [0.15, 0.2) is 0 Å². The molecule has 0 radical (unpaired) electrons. The van der Waals surface area contributed by atoms with Crippen molar-refractivity contribution in [2.24, 2.45) is 5.92 Å². The Morgan fingerprint density at radius 2 is 1.78 bits per heavy atom. The third kappa shape index (κ3) is 3.56. The van der Waals surface area contributed by atoms with E-state index in [1.165, 1.54) is 0 Å². The molecule has 1 heterocycles. The lowest BCUT2D eigenvalue weighted by atomic mass is 10.0. The Morgan fingerprint density at radius 1 is 1.17 bits per heavy atom. The van der Waals surface area contributed by atoms with E-state index in [1.54, 1.807) is 4.31 Å². The Hall–Kier alpha value is -0.870. The summed E-state index contributed by atoms with van der Waals surface area (Å²) in [5.41, 5.74) is 1.09. The van der Waals surface area contributed by atoms with Gasteiger partial charge in [0.25, 0.3) is 0 Å². The Balaban J connectivity index is 1.91. The van der Waals surface area contributed by atoms with Gasteiger partial charge in [0.2, 0.25) is 10.0 Å². The lowest BCUT2D eigenvalue weighted by molar-refractivity contribution is 0.288. The molecule has 1 fully saturated rings. The molecule has 2 rings (SSSR count). The molecule has 1 aromatic rings. The van der Waals surface area contributed by atoms with Gasteiger partial charge >= 0.3 is 0 Å². The zero-order valence-corrected chi connectivity index (χ0v) is 11.7. The molecular formula is C14H21NO2S. The summed E-state index contributed by atoms with van der Waals surface area (Å²) in [5.74, 6) is 0.886. The van der Waals surface area contributed by atoms with Crippen molar-refractivity contribution < 1.29 is 8.42 Å². The highest BCUT2D eigenvalue weighted by molar-refractivity contribution is 7.89. The summed E-state index contributed by atoms with van der Waals surface area (Å²) in [6.07, 6.45) is 2.59. The first-order chi connectivity index (χ1) is 8.58. The highest BCUT2D eigenvalue weighted by atomic mass is 32.2. The summed E-state index contributed by atoms with van der Waals surface area (Å²) in [7, 11) is -3.07. The number of nitrogens with zero attached hydrogens (tertiary/aromatic N) is 1. The number of hydrogen-bond acceptors (Lipinski definition) is 2. The van der Waals surface area contributed by atoms with Crippen molar-refractivity contribution in [1.82, 2.24) is 4.31 Å². The van der Waals surface area contributed by atoms with Crippen LogP contribution >= 0.6 is 0 Å². The molecule has 0 unspecified atom stereocenters. The minimum Gasteiger partial charge on any atom is -0.212 e. The Bertz CT molecular complexity index is 462. The second-order valence-corrected chi connectivity index (χ2v) is 7.22. The van der Waals surface area contributed by atoms with Gasteiger partial charge in [-0.15, -0.1) is 0 Å². The molecule has 18 heavy (non-hydrogen) atoms. The molecule has 0 aromatic heterocycles. The first-order valence-corrected chi connectivity index (χ1v) is 8.20. The van der Waals surface area contributed by atoms with E-state index in [-0.39, 0.29) is 5.75 Å². The molecule has 1 aliphatic heterocycles. The van der Waals surface area contributed by atoms with Gasteiger partial charge in [-0.25, -0.2) is 12.7 Å². The third-order valence-electron chi connectivity index (χ3n) is 3.63. The largest absolute Gasteiger partial charge is 0.214 e. The van der Waals surface area contributed by atoms with Crippen molar-refractivity contribution in [3.05, 3.63) is 35.9 Å². The molecule has 1 aromatic carbocycles. The van der Waals surface area contributed by atoms with Gasteiger partial charge in [-0.1, -0.05) is 37.3 Å². The van der Waals surface area contributed by atoms with Crippen LogP contribution in [0.15, 0.2) is 30.3 Å². The number of hydrogen-bond donors (Lipinski definition) is 0. The van der Waals surface area contributed by atoms with Crippen molar-refractivity contribution in [2.75, 3.05) is 18.8 Å². The number of sulfonamides is 1. The van der Waals surface area contributed by atoms with Crippen LogP contribution in [0.5, 0.6) is 0 Å². The van der Waals surface area contributed by atoms with Crippen LogP contribution in [-0.2, 0) is 16.4 Å². The summed E-state index contributed by atoms with van der Waals surface area (Å²) in [6.45, 7) is 3.57. The second-order valence-electron chi connectivity index (χ2n) is 5.13. The molecule has 0 bridgehead atoms. The highest BCUT2D eigenvalue weighted by Gasteiger charge is 2.25. The molecule has 0 N–H and O–H groups in total. The molecule has 0 saturated carbocycles. The number of benzene rings is 1. The summed E-state index contributed by atoms with van der Waals surface area (Å²) >= 11 is 0. The minimum atomic E-state index is -3.07. The van der Waals surface area contributed by atoms with Crippen LogP contribution in [0.3, 0.4) is 0 Å². The van der Waals surface area contributed by atoms with Crippen molar-refractivity contribution in [1.29, 1.82) is 0 Å². The fraction of sp³-hybridized carbons (Fsp3) is 0.571. The predicted molar refractivity (Wildman–Crippen MR) is 73.9 cm³/mol. The maximum absolute atomic E-state index is 12.2. The maximum atomic E-state index is 12.2. The zero-order chi connectivity index (χ0) is 13.0. The monoisotopic (exact) mass is 267 g/mol. The molecule has 0 atom stereocenters. The van der Waals surface area contributed by atoms with Crippen LogP contribution in [0, 0.1) is 5.92 Å². The van der Waals surface area contributed by atoms with Crippen LogP contribution in [0.25, 0.3) is 0 Å². The SMILES string of the molecule is CC1CCN(S(=O)(=O)CCc2ccccc2)CC1. The first-order valence-electron chi connectivity index (χ1n) is 6.60. The normalized spacial score (nSPS) is 18.9. The van der Waals surface area contributed by atoms with Gasteiger partial charge in [-0.3, -0.25) is 0 Å². The molecule has 3 nitrogen and oxygen atoms in total. The molecule has 100 valence electrons. The van der Waals surface area contributed by atoms with Crippen LogP contribution in [0.2, 0.25) is 0 Å². The summed E-state index contributed by atoms with van der Waals surface area (Å²) in [6, 6.07) is 9.81. The third-order valence-corrected chi connectivity index (χ3v) is 5.50. The predicted octanol–water partition coefficient (Wildman–Crippen LogP) is 2.29. The first kappa shape index (κ1) is 13.6. The Labute approximate surface area is 110 Å². The van der Waals surface area contributed by atoms with Crippen molar-refractivity contribution in [3.63, 3.8) is 0 Å². The quantitative estimate of drug-likeness (QED) is 0.839. The van der Waals surface area contributed by atoms with Gasteiger partial charge in [0.05, 0.1) is 5.75 Å². The summed E-state index contributed by atoms with van der Waals surface area (Å²) in [4.78, 5) is 0. The average molecular weight is 267 g/mol. The van der Waals surface area contributed by atoms with Gasteiger partial charge in [0, 0.05) is 13.1 Å². The lowest BCUT2D eigenvalue weighted by Gasteiger charge is -2.29. The molecule has 1 aliphatic rings. The molecule has 0 amide bonds. The van der Waals surface area contributed by atoms with E-state index >= 15 is 0 Å². The summed E-state index contributed by atoms with van der Waals surface area (Å²) in [5, 5.41) is 0. The van der Waals surface area contributed by atoms with E-state index in [9.17, 15) is 8.42 Å². The van der Waals surface area contributed by atoms with Crippen molar-refractivity contribution in [2.45, 2.75) is 26.2 Å². The van der Waals surface area contributed by atoms with E-state index in [0.717, 1.165) is 18.4 Å². The topological polar surface area (TPSA) is 37.4 Å². The van der Waals surface area contributed by atoms with Gasteiger partial charge in [-0.05, 0) is 30.7 Å². The number of piperidine rings is 1. The lowest BCUT2D eigenvalue weighted by Crippen LogP contribution is -2.39. The fourth-order valence-corrected chi connectivity index (χ4v) is 3.80.